The minimum Gasteiger partial charge on any atom is -0.489 e. The van der Waals surface area contributed by atoms with Crippen LogP contribution in [0.4, 0.5) is 4.39 Å². The number of halogens is 1. The molecule has 0 bridgehead atoms. The topological polar surface area (TPSA) is 64.8 Å². The van der Waals surface area contributed by atoms with Gasteiger partial charge in [-0.2, -0.15) is 0 Å². The van der Waals surface area contributed by atoms with Crippen LogP contribution in [-0.2, 0) is 9.53 Å². The van der Waals surface area contributed by atoms with Crippen LogP contribution in [0, 0.1) is 5.82 Å². The zero-order chi connectivity index (χ0) is 15.0. The summed E-state index contributed by atoms with van der Waals surface area (Å²) in [6.07, 6.45) is 0.466. The number of likely N-dealkylation sites (N-methyl/N-ethyl adjacent to an activating group) is 1. The van der Waals surface area contributed by atoms with Crippen LogP contribution in [0.3, 0.4) is 0 Å². The average molecular weight is 284 g/mol. The summed E-state index contributed by atoms with van der Waals surface area (Å²) in [7, 11) is 3.20. The molecule has 1 amide bonds. The molecule has 1 rings (SSSR count). The quantitative estimate of drug-likeness (QED) is 0.774. The van der Waals surface area contributed by atoms with Crippen LogP contribution < -0.4 is 10.5 Å². The van der Waals surface area contributed by atoms with E-state index in [2.05, 4.69) is 0 Å². The molecular formula is C14H21FN2O3. The summed E-state index contributed by atoms with van der Waals surface area (Å²) in [6.45, 7) is 0.987. The third-order valence-corrected chi connectivity index (χ3v) is 2.85. The minimum absolute atomic E-state index is 0.178. The number of nitrogens with zero attached hydrogens (tertiary/aromatic N) is 1. The van der Waals surface area contributed by atoms with E-state index in [0.717, 1.165) is 0 Å². The molecule has 0 aliphatic carbocycles. The molecule has 0 fully saturated rings. The molecule has 6 heteroatoms. The van der Waals surface area contributed by atoms with Gasteiger partial charge in [0.25, 0.3) is 0 Å². The Labute approximate surface area is 118 Å². The van der Waals surface area contributed by atoms with E-state index in [1.165, 1.54) is 11.0 Å². The van der Waals surface area contributed by atoms with Crippen molar-refractivity contribution in [3.63, 3.8) is 0 Å². The summed E-state index contributed by atoms with van der Waals surface area (Å²) < 4.78 is 23.5. The Hall–Kier alpha value is -1.66. The van der Waals surface area contributed by atoms with Crippen molar-refractivity contribution < 1.29 is 18.7 Å². The molecule has 1 aromatic carbocycles. The monoisotopic (exact) mass is 284 g/mol. The van der Waals surface area contributed by atoms with E-state index < -0.39 is 11.9 Å². The number of amides is 1. The van der Waals surface area contributed by atoms with Gasteiger partial charge in [-0.1, -0.05) is 12.1 Å². The second kappa shape index (κ2) is 8.50. The van der Waals surface area contributed by atoms with Gasteiger partial charge in [0.05, 0.1) is 12.6 Å². The van der Waals surface area contributed by atoms with E-state index in [4.69, 9.17) is 15.2 Å². The summed E-state index contributed by atoms with van der Waals surface area (Å²) in [5.41, 5.74) is 5.74. The first-order chi connectivity index (χ1) is 9.56. The van der Waals surface area contributed by atoms with Gasteiger partial charge >= 0.3 is 0 Å². The predicted molar refractivity (Wildman–Crippen MR) is 74.0 cm³/mol. The number of hydrogen-bond donors (Lipinski definition) is 1. The fraction of sp³-hybridized carbons (Fsp3) is 0.500. The molecule has 0 saturated heterocycles. The molecule has 0 saturated carbocycles. The predicted octanol–water partition coefficient (Wildman–Crippen LogP) is 1.03. The van der Waals surface area contributed by atoms with Gasteiger partial charge in [-0.3, -0.25) is 4.79 Å². The average Bonchev–Trinajstić information content (AvgIpc) is 2.45. The zero-order valence-corrected chi connectivity index (χ0v) is 11.8. The van der Waals surface area contributed by atoms with Crippen LogP contribution in [0.5, 0.6) is 5.75 Å². The van der Waals surface area contributed by atoms with Gasteiger partial charge in [0.2, 0.25) is 5.91 Å². The van der Waals surface area contributed by atoms with E-state index in [1.807, 2.05) is 0 Å². The third-order valence-electron chi connectivity index (χ3n) is 2.85. The highest BCUT2D eigenvalue weighted by atomic mass is 19.1. The second-order valence-corrected chi connectivity index (χ2v) is 4.43. The fourth-order valence-corrected chi connectivity index (χ4v) is 1.62. The Kier molecular flexibility index (Phi) is 6.97. The number of ether oxygens (including phenoxy) is 2. The maximum absolute atomic E-state index is 13.3. The lowest BCUT2D eigenvalue weighted by atomic mass is 10.2. The highest BCUT2D eigenvalue weighted by molar-refractivity contribution is 5.81. The van der Waals surface area contributed by atoms with Gasteiger partial charge in [-0.05, 0) is 18.6 Å². The number of rotatable bonds is 8. The molecule has 5 nitrogen and oxygen atoms in total. The number of methoxy groups -OCH3 is 1. The molecule has 0 aromatic heterocycles. The summed E-state index contributed by atoms with van der Waals surface area (Å²) in [5, 5.41) is 0. The van der Waals surface area contributed by atoms with Gasteiger partial charge in [-0.25, -0.2) is 4.39 Å². The van der Waals surface area contributed by atoms with Gasteiger partial charge in [-0.15, -0.1) is 0 Å². The maximum Gasteiger partial charge on any atom is 0.239 e. The van der Waals surface area contributed by atoms with Crippen molar-refractivity contribution in [3.05, 3.63) is 30.1 Å². The first-order valence-corrected chi connectivity index (χ1v) is 6.43. The molecule has 0 aliphatic heterocycles. The largest absolute Gasteiger partial charge is 0.489 e. The summed E-state index contributed by atoms with van der Waals surface area (Å²) >= 11 is 0. The van der Waals surface area contributed by atoms with Gasteiger partial charge in [0.1, 0.15) is 6.61 Å². The fourth-order valence-electron chi connectivity index (χ4n) is 1.62. The lowest BCUT2D eigenvalue weighted by molar-refractivity contribution is -0.132. The van der Waals surface area contributed by atoms with Crippen molar-refractivity contribution in [3.8, 4) is 5.75 Å². The van der Waals surface area contributed by atoms with Crippen LogP contribution in [0.2, 0.25) is 0 Å². The number of hydrogen-bond acceptors (Lipinski definition) is 4. The zero-order valence-electron chi connectivity index (χ0n) is 11.8. The van der Waals surface area contributed by atoms with Crippen LogP contribution in [0.25, 0.3) is 0 Å². The van der Waals surface area contributed by atoms with Crippen LogP contribution in [0.1, 0.15) is 6.42 Å². The Balaban J connectivity index is 2.34. The molecule has 1 aromatic rings. The number of carbonyl (C=O) groups is 1. The number of carbonyl (C=O) groups excluding carboxylic acids is 1. The second-order valence-electron chi connectivity index (χ2n) is 4.43. The van der Waals surface area contributed by atoms with Gasteiger partial charge < -0.3 is 20.1 Å². The number of para-hydroxylation sites is 1. The standard InChI is InChI=1S/C14H21FN2O3/c1-17(14(18)12(16)7-9-19-2)8-10-20-13-6-4-3-5-11(13)15/h3-6,12H,7-10,16H2,1-2H3. The summed E-state index contributed by atoms with van der Waals surface area (Å²) in [6, 6.07) is 5.56. The van der Waals surface area contributed by atoms with Crippen molar-refractivity contribution in [2.24, 2.45) is 5.73 Å². The molecular weight excluding hydrogens is 263 g/mol. The van der Waals surface area contributed by atoms with Gasteiger partial charge in [0, 0.05) is 20.8 Å². The SMILES string of the molecule is COCCC(N)C(=O)N(C)CCOc1ccccc1F. The lowest BCUT2D eigenvalue weighted by Crippen LogP contribution is -2.43. The van der Waals surface area contributed by atoms with Crippen molar-refractivity contribution in [2.75, 3.05) is 33.9 Å². The molecule has 0 aliphatic rings. The Morgan fingerprint density at radius 2 is 2.10 bits per heavy atom. The molecule has 0 heterocycles. The van der Waals surface area contributed by atoms with E-state index in [-0.39, 0.29) is 18.3 Å². The molecule has 0 radical (unpaired) electrons. The number of benzene rings is 1. The van der Waals surface area contributed by atoms with E-state index in [1.54, 1.807) is 32.4 Å². The van der Waals surface area contributed by atoms with E-state index >= 15 is 0 Å². The molecule has 0 spiro atoms. The first-order valence-electron chi connectivity index (χ1n) is 6.43. The lowest BCUT2D eigenvalue weighted by Gasteiger charge is -2.21. The third kappa shape index (κ3) is 5.14. The highest BCUT2D eigenvalue weighted by Crippen LogP contribution is 2.14. The molecule has 1 unspecified atom stereocenters. The van der Waals surface area contributed by atoms with Crippen molar-refractivity contribution in [1.29, 1.82) is 0 Å². The highest BCUT2D eigenvalue weighted by Gasteiger charge is 2.17. The van der Waals surface area contributed by atoms with E-state index in [9.17, 15) is 9.18 Å². The molecule has 1 atom stereocenters. The van der Waals surface area contributed by atoms with Gasteiger partial charge in [0.15, 0.2) is 11.6 Å². The van der Waals surface area contributed by atoms with Crippen LogP contribution >= 0.6 is 0 Å². The normalized spacial score (nSPS) is 12.0. The van der Waals surface area contributed by atoms with Crippen LogP contribution in [0.15, 0.2) is 24.3 Å². The van der Waals surface area contributed by atoms with E-state index in [0.29, 0.717) is 19.6 Å². The first kappa shape index (κ1) is 16.4. The van der Waals surface area contributed by atoms with Crippen molar-refractivity contribution >= 4 is 5.91 Å². The number of nitrogens with two attached hydrogens (primary N) is 1. The van der Waals surface area contributed by atoms with Crippen LogP contribution in [-0.4, -0.2) is 50.8 Å². The molecule has 20 heavy (non-hydrogen) atoms. The summed E-state index contributed by atoms with van der Waals surface area (Å²) in [4.78, 5) is 13.3. The Morgan fingerprint density at radius 1 is 1.40 bits per heavy atom. The molecule has 112 valence electrons. The molecule has 2 N–H and O–H groups in total. The smallest absolute Gasteiger partial charge is 0.239 e. The maximum atomic E-state index is 13.3. The minimum atomic E-state index is -0.589. The Morgan fingerprint density at radius 3 is 2.75 bits per heavy atom. The Bertz CT molecular complexity index is 429. The van der Waals surface area contributed by atoms with Crippen molar-refractivity contribution in [2.45, 2.75) is 12.5 Å². The van der Waals surface area contributed by atoms with Crippen molar-refractivity contribution in [1.82, 2.24) is 4.90 Å². The summed E-state index contributed by atoms with van der Waals surface area (Å²) in [5.74, 6) is -0.422.